The van der Waals surface area contributed by atoms with Gasteiger partial charge in [-0.15, -0.1) is 0 Å². The Kier molecular flexibility index (Phi) is 4.25. The lowest BCUT2D eigenvalue weighted by molar-refractivity contribution is -0.124. The summed E-state index contributed by atoms with van der Waals surface area (Å²) in [5.41, 5.74) is 9.25. The van der Waals surface area contributed by atoms with Gasteiger partial charge in [0.1, 0.15) is 0 Å². The highest BCUT2D eigenvalue weighted by molar-refractivity contribution is 5.78. The molecule has 22 heavy (non-hydrogen) atoms. The average Bonchev–Trinajstić information content (AvgIpc) is 2.56. The maximum atomic E-state index is 11.8. The predicted molar refractivity (Wildman–Crippen MR) is 89.4 cm³/mol. The second-order valence-electron chi connectivity index (χ2n) is 6.15. The molecule has 2 N–H and O–H groups in total. The molecule has 0 saturated carbocycles. The van der Waals surface area contributed by atoms with E-state index in [1.807, 2.05) is 25.2 Å². The van der Waals surface area contributed by atoms with Crippen LogP contribution in [-0.2, 0) is 4.79 Å². The van der Waals surface area contributed by atoms with Gasteiger partial charge in [0, 0.05) is 6.54 Å². The highest BCUT2D eigenvalue weighted by atomic mass is 16.1. The molecule has 114 valence electrons. The van der Waals surface area contributed by atoms with Crippen molar-refractivity contribution < 1.29 is 4.79 Å². The molecule has 0 unspecified atom stereocenters. The molecule has 1 amide bonds. The van der Waals surface area contributed by atoms with Gasteiger partial charge >= 0.3 is 0 Å². The lowest BCUT2D eigenvalue weighted by Gasteiger charge is -2.35. The summed E-state index contributed by atoms with van der Waals surface area (Å²) in [6.45, 7) is 1.76. The third kappa shape index (κ3) is 3.04. The zero-order valence-electron chi connectivity index (χ0n) is 12.9. The van der Waals surface area contributed by atoms with Gasteiger partial charge in [0.2, 0.25) is 5.91 Å². The van der Waals surface area contributed by atoms with E-state index in [0.717, 1.165) is 19.5 Å². The van der Waals surface area contributed by atoms with Gasteiger partial charge in [0.25, 0.3) is 0 Å². The second kappa shape index (κ2) is 6.32. The number of likely N-dealkylation sites (tertiary alicyclic amines) is 1. The van der Waals surface area contributed by atoms with Crippen molar-refractivity contribution in [3.8, 4) is 11.1 Å². The standard InChI is InChI=1S/C19H22N2O/c1-21-12-11-17(18(13-21)19(20)22)16-9-7-15(8-10-16)14-5-3-2-4-6-14/h2-10,17-18H,11-13H2,1H3,(H2,20,22)/t17-,18-/m0/s1. The molecule has 3 nitrogen and oxygen atoms in total. The highest BCUT2D eigenvalue weighted by Crippen LogP contribution is 2.33. The molecule has 1 aliphatic heterocycles. The van der Waals surface area contributed by atoms with E-state index < -0.39 is 0 Å². The number of nitrogens with zero attached hydrogens (tertiary/aromatic N) is 1. The molecular formula is C19H22N2O. The molecule has 1 saturated heterocycles. The van der Waals surface area contributed by atoms with E-state index in [1.165, 1.54) is 16.7 Å². The number of hydrogen-bond donors (Lipinski definition) is 1. The van der Waals surface area contributed by atoms with Gasteiger partial charge in [-0.25, -0.2) is 0 Å². The number of amides is 1. The molecule has 3 rings (SSSR count). The molecule has 2 aromatic rings. The first-order valence-corrected chi connectivity index (χ1v) is 7.78. The maximum absolute atomic E-state index is 11.8. The fraction of sp³-hybridized carbons (Fsp3) is 0.316. The summed E-state index contributed by atoms with van der Waals surface area (Å²) in [5.74, 6) is -0.0523. The monoisotopic (exact) mass is 294 g/mol. The van der Waals surface area contributed by atoms with Crippen LogP contribution in [-0.4, -0.2) is 30.9 Å². The molecule has 1 fully saturated rings. The summed E-state index contributed by atoms with van der Waals surface area (Å²) in [6, 6.07) is 18.9. The Morgan fingerprint density at radius 2 is 1.68 bits per heavy atom. The first-order chi connectivity index (χ1) is 10.6. The van der Waals surface area contributed by atoms with E-state index in [2.05, 4.69) is 41.3 Å². The van der Waals surface area contributed by atoms with Crippen LogP contribution in [0.2, 0.25) is 0 Å². The molecule has 0 radical (unpaired) electrons. The van der Waals surface area contributed by atoms with Gasteiger partial charge in [0.05, 0.1) is 5.92 Å². The average molecular weight is 294 g/mol. The maximum Gasteiger partial charge on any atom is 0.222 e. The number of nitrogens with two attached hydrogens (primary N) is 1. The third-order valence-electron chi connectivity index (χ3n) is 4.63. The number of piperidine rings is 1. The summed E-state index contributed by atoms with van der Waals surface area (Å²) in [5, 5.41) is 0. The van der Waals surface area contributed by atoms with Crippen molar-refractivity contribution in [2.75, 3.05) is 20.1 Å². The summed E-state index contributed by atoms with van der Waals surface area (Å²) in [4.78, 5) is 14.0. The van der Waals surface area contributed by atoms with Crippen molar-refractivity contribution in [1.82, 2.24) is 4.90 Å². The van der Waals surface area contributed by atoms with Crippen LogP contribution in [0.15, 0.2) is 54.6 Å². The number of hydrogen-bond acceptors (Lipinski definition) is 2. The highest BCUT2D eigenvalue weighted by Gasteiger charge is 2.32. The van der Waals surface area contributed by atoms with E-state index >= 15 is 0 Å². The quantitative estimate of drug-likeness (QED) is 0.946. The Bertz CT molecular complexity index is 636. The number of carbonyl (C=O) groups is 1. The van der Waals surface area contributed by atoms with Crippen LogP contribution in [0.25, 0.3) is 11.1 Å². The van der Waals surface area contributed by atoms with Gasteiger partial charge in [-0.05, 0) is 42.6 Å². The molecular weight excluding hydrogens is 272 g/mol. The van der Waals surface area contributed by atoms with Crippen molar-refractivity contribution in [3.05, 3.63) is 60.2 Å². The number of primary amides is 1. The number of benzene rings is 2. The largest absolute Gasteiger partial charge is 0.369 e. The Morgan fingerprint density at radius 1 is 1.05 bits per heavy atom. The van der Waals surface area contributed by atoms with Crippen molar-refractivity contribution in [1.29, 1.82) is 0 Å². The molecule has 1 aliphatic rings. The van der Waals surface area contributed by atoms with Crippen LogP contribution in [0.3, 0.4) is 0 Å². The smallest absolute Gasteiger partial charge is 0.222 e. The van der Waals surface area contributed by atoms with E-state index in [4.69, 9.17) is 5.73 Å². The van der Waals surface area contributed by atoms with Crippen LogP contribution in [0.5, 0.6) is 0 Å². The van der Waals surface area contributed by atoms with Crippen molar-refractivity contribution >= 4 is 5.91 Å². The van der Waals surface area contributed by atoms with E-state index in [-0.39, 0.29) is 17.7 Å². The topological polar surface area (TPSA) is 46.3 Å². The Hall–Kier alpha value is -2.13. The number of carbonyl (C=O) groups excluding carboxylic acids is 1. The van der Waals surface area contributed by atoms with Crippen LogP contribution >= 0.6 is 0 Å². The molecule has 2 aromatic carbocycles. The van der Waals surface area contributed by atoms with E-state index in [9.17, 15) is 4.79 Å². The third-order valence-corrected chi connectivity index (χ3v) is 4.63. The summed E-state index contributed by atoms with van der Waals surface area (Å²) >= 11 is 0. The minimum atomic E-state index is -0.191. The summed E-state index contributed by atoms with van der Waals surface area (Å²) in [6.07, 6.45) is 0.981. The van der Waals surface area contributed by atoms with Gasteiger partial charge in [0.15, 0.2) is 0 Å². The minimum Gasteiger partial charge on any atom is -0.369 e. The van der Waals surface area contributed by atoms with Crippen LogP contribution in [0, 0.1) is 5.92 Å². The molecule has 0 aromatic heterocycles. The minimum absolute atomic E-state index is 0.0960. The fourth-order valence-electron chi connectivity index (χ4n) is 3.36. The summed E-state index contributed by atoms with van der Waals surface area (Å²) in [7, 11) is 2.05. The van der Waals surface area contributed by atoms with Gasteiger partial charge in [-0.1, -0.05) is 54.6 Å². The van der Waals surface area contributed by atoms with Crippen LogP contribution in [0.1, 0.15) is 17.9 Å². The summed E-state index contributed by atoms with van der Waals surface area (Å²) < 4.78 is 0. The van der Waals surface area contributed by atoms with Crippen LogP contribution < -0.4 is 5.73 Å². The van der Waals surface area contributed by atoms with Crippen molar-refractivity contribution in [2.45, 2.75) is 12.3 Å². The first kappa shape index (κ1) is 14.8. The predicted octanol–water partition coefficient (Wildman–Crippen LogP) is 2.87. The lowest BCUT2D eigenvalue weighted by Crippen LogP contribution is -2.43. The van der Waals surface area contributed by atoms with Crippen molar-refractivity contribution in [3.63, 3.8) is 0 Å². The van der Waals surface area contributed by atoms with Gasteiger partial charge in [-0.3, -0.25) is 4.79 Å². The Labute approximate surface area is 131 Å². The molecule has 2 atom stereocenters. The first-order valence-electron chi connectivity index (χ1n) is 7.78. The van der Waals surface area contributed by atoms with Gasteiger partial charge in [-0.2, -0.15) is 0 Å². The Morgan fingerprint density at radius 3 is 2.32 bits per heavy atom. The zero-order chi connectivity index (χ0) is 15.5. The zero-order valence-corrected chi connectivity index (χ0v) is 12.9. The SMILES string of the molecule is CN1CC[C@@H](c2ccc(-c3ccccc3)cc2)[C@@H](C(N)=O)C1. The molecule has 1 heterocycles. The van der Waals surface area contributed by atoms with Crippen molar-refractivity contribution in [2.24, 2.45) is 11.7 Å². The molecule has 0 bridgehead atoms. The fourth-order valence-corrected chi connectivity index (χ4v) is 3.36. The second-order valence-corrected chi connectivity index (χ2v) is 6.15. The van der Waals surface area contributed by atoms with Crippen LogP contribution in [0.4, 0.5) is 0 Å². The van der Waals surface area contributed by atoms with Gasteiger partial charge < -0.3 is 10.6 Å². The molecule has 0 spiro atoms. The van der Waals surface area contributed by atoms with E-state index in [0.29, 0.717) is 0 Å². The molecule has 3 heteroatoms. The Balaban J connectivity index is 1.84. The molecule has 0 aliphatic carbocycles. The van der Waals surface area contributed by atoms with E-state index in [1.54, 1.807) is 0 Å². The normalized spacial score (nSPS) is 22.4. The number of rotatable bonds is 3. The lowest BCUT2D eigenvalue weighted by atomic mass is 9.80.